The Hall–Kier alpha value is -1.29. The van der Waals surface area contributed by atoms with Crippen LogP contribution in [0.5, 0.6) is 0 Å². The summed E-state index contributed by atoms with van der Waals surface area (Å²) in [5.41, 5.74) is 1.57. The van der Waals surface area contributed by atoms with Crippen molar-refractivity contribution in [3.8, 4) is 6.07 Å². The first-order valence-corrected chi connectivity index (χ1v) is 7.26. The molecule has 0 saturated heterocycles. The molecule has 2 fully saturated rings. The zero-order valence-corrected chi connectivity index (χ0v) is 11.0. The molecule has 1 aromatic carbocycles. The lowest BCUT2D eigenvalue weighted by Gasteiger charge is -2.53. The van der Waals surface area contributed by atoms with Gasteiger partial charge in [0.15, 0.2) is 0 Å². The molecule has 1 spiro atoms. The van der Waals surface area contributed by atoms with Crippen LogP contribution in [0.4, 0.5) is 0 Å². The van der Waals surface area contributed by atoms with Crippen LogP contribution in [0.2, 0.25) is 0 Å². The summed E-state index contributed by atoms with van der Waals surface area (Å²) in [7, 11) is 0. The zero-order valence-electron chi connectivity index (χ0n) is 11.0. The molecule has 94 valence electrons. The Morgan fingerprint density at radius 3 is 2.06 bits per heavy atom. The van der Waals surface area contributed by atoms with Crippen LogP contribution < -0.4 is 0 Å². The lowest BCUT2D eigenvalue weighted by Crippen LogP contribution is -2.48. The maximum Gasteiger partial charge on any atom is 0.0833 e. The summed E-state index contributed by atoms with van der Waals surface area (Å²) in [6, 6.07) is 13.0. The van der Waals surface area contributed by atoms with Gasteiger partial charge in [-0.2, -0.15) is 5.26 Å². The Balaban J connectivity index is 1.81. The van der Waals surface area contributed by atoms with Gasteiger partial charge in [0.25, 0.3) is 0 Å². The smallest absolute Gasteiger partial charge is 0.0833 e. The van der Waals surface area contributed by atoms with Gasteiger partial charge in [0.1, 0.15) is 0 Å². The van der Waals surface area contributed by atoms with Gasteiger partial charge in [-0.25, -0.2) is 0 Å². The summed E-state index contributed by atoms with van der Waals surface area (Å²) in [5, 5.41) is 9.62. The second kappa shape index (κ2) is 4.43. The minimum Gasteiger partial charge on any atom is -0.197 e. The van der Waals surface area contributed by atoms with Crippen molar-refractivity contribution in [2.75, 3.05) is 0 Å². The molecule has 2 aliphatic rings. The topological polar surface area (TPSA) is 23.8 Å². The number of hydrogen-bond donors (Lipinski definition) is 0. The lowest BCUT2D eigenvalue weighted by atomic mass is 9.49. The van der Waals surface area contributed by atoms with Crippen LogP contribution in [0.25, 0.3) is 0 Å². The molecular formula is C17H21N. The molecule has 18 heavy (non-hydrogen) atoms. The summed E-state index contributed by atoms with van der Waals surface area (Å²) in [6.07, 6.45) is 10.4. The molecule has 2 aliphatic carbocycles. The third-order valence-electron chi connectivity index (χ3n) is 5.06. The van der Waals surface area contributed by atoms with Crippen LogP contribution in [0, 0.1) is 16.7 Å². The van der Waals surface area contributed by atoms with Gasteiger partial charge in [0.2, 0.25) is 0 Å². The van der Waals surface area contributed by atoms with E-state index in [0.29, 0.717) is 5.41 Å². The van der Waals surface area contributed by atoms with E-state index < -0.39 is 0 Å². The molecule has 0 aromatic heterocycles. The van der Waals surface area contributed by atoms with E-state index in [1.807, 2.05) is 6.07 Å². The highest BCUT2D eigenvalue weighted by Crippen LogP contribution is 2.60. The highest BCUT2D eigenvalue weighted by atomic mass is 14.6. The second-order valence-electron chi connectivity index (χ2n) is 6.33. The van der Waals surface area contributed by atoms with Crippen molar-refractivity contribution >= 4 is 0 Å². The first kappa shape index (κ1) is 11.8. The van der Waals surface area contributed by atoms with Gasteiger partial charge in [-0.05, 0) is 36.7 Å². The van der Waals surface area contributed by atoms with E-state index in [9.17, 15) is 5.26 Å². The first-order valence-electron chi connectivity index (χ1n) is 7.26. The second-order valence-corrected chi connectivity index (χ2v) is 6.33. The molecular weight excluding hydrogens is 218 g/mol. The van der Waals surface area contributed by atoms with E-state index in [1.165, 1.54) is 44.1 Å². The lowest BCUT2D eigenvalue weighted by molar-refractivity contribution is 0.0398. The molecule has 1 aromatic rings. The summed E-state index contributed by atoms with van der Waals surface area (Å²) in [5.74, 6) is 0. The van der Waals surface area contributed by atoms with Gasteiger partial charge in [0, 0.05) is 0 Å². The summed E-state index contributed by atoms with van der Waals surface area (Å²) in [6.45, 7) is 0. The quantitative estimate of drug-likeness (QED) is 0.703. The molecule has 0 amide bonds. The molecule has 0 unspecified atom stereocenters. The SMILES string of the molecule is N#CC1(c2ccccc2)CC2(CCCCCC2)C1. The van der Waals surface area contributed by atoms with Gasteiger partial charge in [-0.3, -0.25) is 0 Å². The number of hydrogen-bond acceptors (Lipinski definition) is 1. The molecule has 0 atom stereocenters. The van der Waals surface area contributed by atoms with E-state index >= 15 is 0 Å². The fourth-order valence-electron chi connectivity index (χ4n) is 4.17. The van der Waals surface area contributed by atoms with Crippen molar-refractivity contribution in [3.63, 3.8) is 0 Å². The number of benzene rings is 1. The predicted molar refractivity (Wildman–Crippen MR) is 73.1 cm³/mol. The normalized spacial score (nSPS) is 24.8. The molecule has 1 heteroatoms. The number of rotatable bonds is 1. The van der Waals surface area contributed by atoms with Crippen LogP contribution in [0.3, 0.4) is 0 Å². The Kier molecular flexibility index (Phi) is 2.90. The Labute approximate surface area is 110 Å². The van der Waals surface area contributed by atoms with Gasteiger partial charge in [-0.15, -0.1) is 0 Å². The fraction of sp³-hybridized carbons (Fsp3) is 0.588. The fourth-order valence-corrected chi connectivity index (χ4v) is 4.17. The van der Waals surface area contributed by atoms with Crippen LogP contribution in [0.1, 0.15) is 56.9 Å². The maximum absolute atomic E-state index is 9.62. The molecule has 0 radical (unpaired) electrons. The van der Waals surface area contributed by atoms with Crippen molar-refractivity contribution in [1.82, 2.24) is 0 Å². The van der Waals surface area contributed by atoms with Gasteiger partial charge >= 0.3 is 0 Å². The minimum atomic E-state index is -0.175. The Morgan fingerprint density at radius 1 is 0.889 bits per heavy atom. The van der Waals surface area contributed by atoms with Crippen molar-refractivity contribution in [2.45, 2.75) is 56.8 Å². The highest BCUT2D eigenvalue weighted by Gasteiger charge is 2.55. The Bertz CT molecular complexity index is 438. The number of nitriles is 1. The van der Waals surface area contributed by atoms with Gasteiger partial charge < -0.3 is 0 Å². The summed E-state index contributed by atoms with van der Waals surface area (Å²) < 4.78 is 0. The monoisotopic (exact) mass is 239 g/mol. The van der Waals surface area contributed by atoms with E-state index in [4.69, 9.17) is 0 Å². The van der Waals surface area contributed by atoms with Crippen molar-refractivity contribution < 1.29 is 0 Å². The summed E-state index contributed by atoms with van der Waals surface area (Å²) >= 11 is 0. The zero-order chi connectivity index (χ0) is 12.5. The molecule has 2 saturated carbocycles. The standard InChI is InChI=1S/C17H21N/c18-14-17(15-8-4-3-5-9-15)12-16(13-17)10-6-1-2-7-11-16/h3-5,8-9H,1-2,6-7,10-13H2. The average molecular weight is 239 g/mol. The molecule has 1 nitrogen and oxygen atoms in total. The van der Waals surface area contributed by atoms with Crippen molar-refractivity contribution in [2.24, 2.45) is 5.41 Å². The average Bonchev–Trinajstić information content (AvgIpc) is 2.63. The maximum atomic E-state index is 9.62. The predicted octanol–water partition coefficient (Wildman–Crippen LogP) is 4.58. The molecule has 0 heterocycles. The van der Waals surface area contributed by atoms with Crippen LogP contribution in [-0.4, -0.2) is 0 Å². The van der Waals surface area contributed by atoms with Gasteiger partial charge in [-0.1, -0.05) is 56.0 Å². The van der Waals surface area contributed by atoms with E-state index in [-0.39, 0.29) is 5.41 Å². The molecule has 0 N–H and O–H groups in total. The Morgan fingerprint density at radius 2 is 1.50 bits per heavy atom. The highest BCUT2D eigenvalue weighted by molar-refractivity contribution is 5.37. The minimum absolute atomic E-state index is 0.175. The van der Waals surface area contributed by atoms with Crippen molar-refractivity contribution in [3.05, 3.63) is 35.9 Å². The molecule has 0 bridgehead atoms. The first-order chi connectivity index (χ1) is 8.79. The van der Waals surface area contributed by atoms with Crippen molar-refractivity contribution in [1.29, 1.82) is 5.26 Å². The van der Waals surface area contributed by atoms with Crippen LogP contribution >= 0.6 is 0 Å². The van der Waals surface area contributed by atoms with Crippen LogP contribution in [0.15, 0.2) is 30.3 Å². The largest absolute Gasteiger partial charge is 0.197 e. The molecule has 0 aliphatic heterocycles. The van der Waals surface area contributed by atoms with Gasteiger partial charge in [0.05, 0.1) is 11.5 Å². The van der Waals surface area contributed by atoms with E-state index in [2.05, 4.69) is 30.3 Å². The number of nitrogens with zero attached hydrogens (tertiary/aromatic N) is 1. The molecule has 3 rings (SSSR count). The van der Waals surface area contributed by atoms with E-state index in [1.54, 1.807) is 0 Å². The third-order valence-corrected chi connectivity index (χ3v) is 5.06. The third kappa shape index (κ3) is 1.85. The summed E-state index contributed by atoms with van der Waals surface area (Å²) in [4.78, 5) is 0. The van der Waals surface area contributed by atoms with E-state index in [0.717, 1.165) is 12.8 Å². The van der Waals surface area contributed by atoms with Crippen LogP contribution in [-0.2, 0) is 5.41 Å².